The molecule has 0 atom stereocenters. The maximum absolute atomic E-state index is 12.1. The first kappa shape index (κ1) is 15.3. The molecule has 0 spiro atoms. The number of fused-ring (bicyclic) bond motifs is 1. The van der Waals surface area contributed by atoms with Gasteiger partial charge in [0, 0.05) is 18.0 Å². The van der Waals surface area contributed by atoms with Crippen molar-refractivity contribution in [2.75, 3.05) is 5.32 Å². The van der Waals surface area contributed by atoms with Gasteiger partial charge >= 0.3 is 0 Å². The van der Waals surface area contributed by atoms with Crippen molar-refractivity contribution in [3.8, 4) is 11.8 Å². The molecule has 2 heterocycles. The summed E-state index contributed by atoms with van der Waals surface area (Å²) < 4.78 is 5.83. The van der Waals surface area contributed by atoms with Crippen molar-refractivity contribution in [1.29, 1.82) is 5.26 Å². The summed E-state index contributed by atoms with van der Waals surface area (Å²) in [4.78, 5) is 16.1. The lowest BCUT2D eigenvalue weighted by Crippen LogP contribution is -2.24. The predicted octanol–water partition coefficient (Wildman–Crippen LogP) is 3.40. The van der Waals surface area contributed by atoms with E-state index in [4.69, 9.17) is 4.74 Å². The number of nitrogens with one attached hydrogen (secondary N) is 1. The van der Waals surface area contributed by atoms with Gasteiger partial charge in [-0.15, -0.1) is 11.3 Å². The van der Waals surface area contributed by atoms with Gasteiger partial charge in [-0.05, 0) is 43.2 Å². The number of nitriles is 1. The number of carbonyl (C=O) groups excluding carboxylic acids is 1. The Morgan fingerprint density at radius 3 is 3.04 bits per heavy atom. The summed E-state index contributed by atoms with van der Waals surface area (Å²) in [7, 11) is 0. The van der Waals surface area contributed by atoms with Crippen LogP contribution in [0, 0.1) is 11.3 Å². The van der Waals surface area contributed by atoms with Crippen molar-refractivity contribution in [2.45, 2.75) is 25.9 Å². The molecule has 0 saturated heterocycles. The molecule has 5 nitrogen and oxygen atoms in total. The molecule has 0 saturated carbocycles. The van der Waals surface area contributed by atoms with E-state index in [9.17, 15) is 10.1 Å². The second-order valence-electron chi connectivity index (χ2n) is 5.87. The van der Waals surface area contributed by atoms with Crippen molar-refractivity contribution in [2.24, 2.45) is 0 Å². The summed E-state index contributed by atoms with van der Waals surface area (Å²) >= 11 is 1.31. The molecule has 1 aromatic carbocycles. The Morgan fingerprint density at radius 1 is 1.52 bits per heavy atom. The third kappa shape index (κ3) is 3.41. The minimum absolute atomic E-state index is 0.0401. The fourth-order valence-electron chi connectivity index (χ4n) is 2.48. The number of aromatic nitrogens is 1. The van der Waals surface area contributed by atoms with Crippen LogP contribution in [-0.2, 0) is 11.2 Å². The van der Waals surface area contributed by atoms with Crippen molar-refractivity contribution >= 4 is 28.5 Å². The Morgan fingerprint density at radius 2 is 2.35 bits per heavy atom. The minimum atomic E-state index is -0.459. The van der Waals surface area contributed by atoms with Gasteiger partial charge in [-0.2, -0.15) is 5.26 Å². The largest absolute Gasteiger partial charge is 0.487 e. The zero-order valence-corrected chi connectivity index (χ0v) is 13.6. The molecular formula is C17H15N3O2S. The van der Waals surface area contributed by atoms with Gasteiger partial charge in [-0.25, -0.2) is 4.98 Å². The number of nitrogens with zero attached hydrogens (tertiary/aromatic N) is 2. The standard InChI is InChI=1S/C17H15N3O2S/c1-17(2)9-12-7-11(3-4-14(12)22-17)8-13(10-18)15(21)20-16-19-5-6-23-16/h3-8H,9H2,1-2H3,(H,19,20,21). The summed E-state index contributed by atoms with van der Waals surface area (Å²) in [6.45, 7) is 4.06. The monoisotopic (exact) mass is 325 g/mol. The molecule has 0 aliphatic carbocycles. The molecule has 1 N–H and O–H groups in total. The van der Waals surface area contributed by atoms with Crippen LogP contribution in [0.2, 0.25) is 0 Å². The molecule has 0 bridgehead atoms. The SMILES string of the molecule is CC1(C)Cc2cc(C=C(C#N)C(=O)Nc3nccs3)ccc2O1. The number of rotatable bonds is 3. The van der Waals surface area contributed by atoms with Crippen LogP contribution in [0.3, 0.4) is 0 Å². The first-order valence-corrected chi connectivity index (χ1v) is 7.99. The van der Waals surface area contributed by atoms with Crippen LogP contribution in [0.5, 0.6) is 5.75 Å². The lowest BCUT2D eigenvalue weighted by molar-refractivity contribution is -0.112. The quantitative estimate of drug-likeness (QED) is 0.693. The number of anilines is 1. The van der Waals surface area contributed by atoms with Crippen molar-refractivity contribution < 1.29 is 9.53 Å². The Kier molecular flexibility index (Phi) is 3.89. The maximum Gasteiger partial charge on any atom is 0.268 e. The first-order valence-electron chi connectivity index (χ1n) is 7.11. The summed E-state index contributed by atoms with van der Waals surface area (Å²) in [5.41, 5.74) is 1.71. The van der Waals surface area contributed by atoms with Crippen molar-refractivity contribution in [3.63, 3.8) is 0 Å². The van der Waals surface area contributed by atoms with E-state index >= 15 is 0 Å². The lowest BCUT2D eigenvalue weighted by Gasteiger charge is -2.16. The van der Waals surface area contributed by atoms with Crippen LogP contribution in [0.25, 0.3) is 6.08 Å². The second-order valence-corrected chi connectivity index (χ2v) is 6.76. The fraction of sp³-hybridized carbons (Fsp3) is 0.235. The molecule has 1 aliphatic heterocycles. The van der Waals surface area contributed by atoms with Crippen LogP contribution in [0.4, 0.5) is 5.13 Å². The van der Waals surface area contributed by atoms with Gasteiger partial charge in [0.25, 0.3) is 5.91 Å². The predicted molar refractivity (Wildman–Crippen MR) is 89.2 cm³/mol. The van der Waals surface area contributed by atoms with E-state index in [1.165, 1.54) is 11.3 Å². The highest BCUT2D eigenvalue weighted by Crippen LogP contribution is 2.35. The molecule has 0 unspecified atom stereocenters. The summed E-state index contributed by atoms with van der Waals surface area (Å²) in [6, 6.07) is 7.62. The number of hydrogen-bond donors (Lipinski definition) is 1. The number of amides is 1. The highest BCUT2D eigenvalue weighted by molar-refractivity contribution is 7.13. The molecule has 116 valence electrons. The Hall–Kier alpha value is -2.65. The average molecular weight is 325 g/mol. The van der Waals surface area contributed by atoms with Crippen LogP contribution in [0.15, 0.2) is 35.3 Å². The van der Waals surface area contributed by atoms with E-state index in [0.29, 0.717) is 5.13 Å². The number of carbonyl (C=O) groups is 1. The van der Waals surface area contributed by atoms with Gasteiger partial charge in [-0.3, -0.25) is 10.1 Å². The highest BCUT2D eigenvalue weighted by atomic mass is 32.1. The highest BCUT2D eigenvalue weighted by Gasteiger charge is 2.29. The molecule has 6 heteroatoms. The first-order chi connectivity index (χ1) is 11.0. The molecule has 3 rings (SSSR count). The minimum Gasteiger partial charge on any atom is -0.487 e. The van der Waals surface area contributed by atoms with Gasteiger partial charge in [-0.1, -0.05) is 6.07 Å². The number of ether oxygens (including phenoxy) is 1. The van der Waals surface area contributed by atoms with E-state index in [-0.39, 0.29) is 11.2 Å². The molecule has 23 heavy (non-hydrogen) atoms. The molecule has 2 aromatic rings. The van der Waals surface area contributed by atoms with E-state index < -0.39 is 5.91 Å². The third-order valence-electron chi connectivity index (χ3n) is 3.42. The lowest BCUT2D eigenvalue weighted by atomic mass is 9.99. The van der Waals surface area contributed by atoms with Crippen LogP contribution in [-0.4, -0.2) is 16.5 Å². The topological polar surface area (TPSA) is 75.0 Å². The van der Waals surface area contributed by atoms with Gasteiger partial charge in [0.2, 0.25) is 0 Å². The van der Waals surface area contributed by atoms with E-state index in [1.54, 1.807) is 17.7 Å². The normalized spacial score (nSPS) is 15.4. The summed E-state index contributed by atoms with van der Waals surface area (Å²) in [5, 5.41) is 14.1. The molecular weight excluding hydrogens is 310 g/mol. The fourth-order valence-corrected chi connectivity index (χ4v) is 3.01. The van der Waals surface area contributed by atoms with Crippen LogP contribution >= 0.6 is 11.3 Å². The Labute approximate surface area is 138 Å². The molecule has 1 aliphatic rings. The number of hydrogen-bond acceptors (Lipinski definition) is 5. The second kappa shape index (κ2) is 5.86. The van der Waals surface area contributed by atoms with Gasteiger partial charge in [0.1, 0.15) is 23.0 Å². The maximum atomic E-state index is 12.1. The van der Waals surface area contributed by atoms with Crippen LogP contribution < -0.4 is 10.1 Å². The summed E-state index contributed by atoms with van der Waals surface area (Å²) in [5.74, 6) is 0.400. The Bertz CT molecular complexity index is 817. The zero-order chi connectivity index (χ0) is 16.4. The third-order valence-corrected chi connectivity index (χ3v) is 4.10. The van der Waals surface area contributed by atoms with E-state index in [1.807, 2.05) is 38.1 Å². The molecule has 1 amide bonds. The summed E-state index contributed by atoms with van der Waals surface area (Å²) in [6.07, 6.45) is 3.98. The number of benzene rings is 1. The van der Waals surface area contributed by atoms with Gasteiger partial charge in [0.05, 0.1) is 0 Å². The van der Waals surface area contributed by atoms with Crippen LogP contribution in [0.1, 0.15) is 25.0 Å². The molecule has 0 fully saturated rings. The van der Waals surface area contributed by atoms with Crippen molar-refractivity contribution in [1.82, 2.24) is 4.98 Å². The van der Waals surface area contributed by atoms with Gasteiger partial charge < -0.3 is 4.74 Å². The molecule has 1 aromatic heterocycles. The van der Waals surface area contributed by atoms with Gasteiger partial charge in [0.15, 0.2) is 5.13 Å². The Balaban J connectivity index is 1.82. The van der Waals surface area contributed by atoms with Crippen molar-refractivity contribution in [3.05, 3.63) is 46.5 Å². The molecule has 0 radical (unpaired) electrons. The smallest absolute Gasteiger partial charge is 0.268 e. The van der Waals surface area contributed by atoms with E-state index in [2.05, 4.69) is 10.3 Å². The average Bonchev–Trinajstić information content (AvgIpc) is 3.09. The van der Waals surface area contributed by atoms with E-state index in [0.717, 1.165) is 23.3 Å². The number of thiazole rings is 1. The zero-order valence-electron chi connectivity index (χ0n) is 12.8.